The Hall–Kier alpha value is -2.99. The Morgan fingerprint density at radius 1 is 1.07 bits per heavy atom. The Bertz CT molecular complexity index is 958. The molecule has 4 rings (SSSR count). The molecule has 0 bridgehead atoms. The topological polar surface area (TPSA) is 74.2 Å². The molecule has 2 aromatic carbocycles. The van der Waals surface area contributed by atoms with Crippen molar-refractivity contribution in [1.82, 2.24) is 0 Å². The van der Waals surface area contributed by atoms with E-state index in [-0.39, 0.29) is 11.5 Å². The van der Waals surface area contributed by atoms with Gasteiger partial charge in [0, 0.05) is 6.07 Å². The van der Waals surface area contributed by atoms with Crippen LogP contribution in [0.1, 0.15) is 41.3 Å². The van der Waals surface area contributed by atoms with Crippen LogP contribution >= 0.6 is 0 Å². The van der Waals surface area contributed by atoms with Crippen molar-refractivity contribution < 1.29 is 28.8 Å². The van der Waals surface area contributed by atoms with Gasteiger partial charge in [0.1, 0.15) is 40.1 Å². The maximum absolute atomic E-state index is 13.4. The van der Waals surface area contributed by atoms with Gasteiger partial charge in [-0.25, -0.2) is 0 Å². The Morgan fingerprint density at radius 2 is 1.79 bits per heavy atom. The number of hydrogen-bond acceptors (Lipinski definition) is 6. The minimum atomic E-state index is -1.32. The van der Waals surface area contributed by atoms with E-state index in [1.54, 1.807) is 37.4 Å². The lowest BCUT2D eigenvalue weighted by Crippen LogP contribution is -2.36. The second-order valence-electron chi connectivity index (χ2n) is 7.36. The molecule has 0 radical (unpaired) electrons. The number of aliphatic hydroxyl groups is 1. The van der Waals surface area contributed by atoms with Gasteiger partial charge in [-0.3, -0.25) is 4.79 Å². The minimum absolute atomic E-state index is 0.254. The van der Waals surface area contributed by atoms with E-state index in [0.29, 0.717) is 33.9 Å². The third kappa shape index (κ3) is 2.90. The molecule has 0 saturated heterocycles. The first-order chi connectivity index (χ1) is 13.3. The van der Waals surface area contributed by atoms with Crippen molar-refractivity contribution >= 4 is 11.9 Å². The molecule has 146 valence electrons. The molecule has 1 N–H and O–H groups in total. The molecule has 6 heteroatoms. The van der Waals surface area contributed by atoms with E-state index in [9.17, 15) is 9.90 Å². The first-order valence-electron chi connectivity index (χ1n) is 9.01. The van der Waals surface area contributed by atoms with Crippen LogP contribution in [0.15, 0.2) is 36.4 Å². The van der Waals surface area contributed by atoms with Crippen LogP contribution in [-0.2, 0) is 0 Å². The summed E-state index contributed by atoms with van der Waals surface area (Å²) in [5.74, 6) is 0.719. The maximum atomic E-state index is 13.4. The number of methoxy groups -OCH3 is 2. The van der Waals surface area contributed by atoms with Gasteiger partial charge >= 0.3 is 0 Å². The molecule has 0 fully saturated rings. The normalized spacial score (nSPS) is 21.8. The summed E-state index contributed by atoms with van der Waals surface area (Å²) >= 11 is 0. The van der Waals surface area contributed by atoms with E-state index in [4.69, 9.17) is 18.9 Å². The lowest BCUT2D eigenvalue weighted by atomic mass is 9.85. The van der Waals surface area contributed by atoms with Gasteiger partial charge < -0.3 is 24.1 Å². The average Bonchev–Trinajstić information content (AvgIpc) is 2.66. The van der Waals surface area contributed by atoms with Gasteiger partial charge in [0.15, 0.2) is 5.78 Å². The fourth-order valence-electron chi connectivity index (χ4n) is 3.62. The van der Waals surface area contributed by atoms with E-state index in [0.717, 1.165) is 0 Å². The van der Waals surface area contributed by atoms with E-state index in [1.807, 2.05) is 26.0 Å². The van der Waals surface area contributed by atoms with Gasteiger partial charge in [-0.1, -0.05) is 12.1 Å². The summed E-state index contributed by atoms with van der Waals surface area (Å²) in [7, 11) is 3.07. The second kappa shape index (κ2) is 6.56. The van der Waals surface area contributed by atoms with Gasteiger partial charge in [0.25, 0.3) is 0 Å². The molecule has 2 aromatic rings. The molecule has 2 atom stereocenters. The molecule has 0 spiro atoms. The summed E-state index contributed by atoms with van der Waals surface area (Å²) < 4.78 is 22.4. The quantitative estimate of drug-likeness (QED) is 0.875. The van der Waals surface area contributed by atoms with Gasteiger partial charge in [-0.05, 0) is 43.7 Å². The molecule has 6 nitrogen and oxygen atoms in total. The maximum Gasteiger partial charge on any atom is 0.211 e. The smallest absolute Gasteiger partial charge is 0.211 e. The Morgan fingerprint density at radius 3 is 2.43 bits per heavy atom. The van der Waals surface area contributed by atoms with Crippen molar-refractivity contribution in [2.24, 2.45) is 0 Å². The molecule has 2 unspecified atom stereocenters. The lowest BCUT2D eigenvalue weighted by molar-refractivity contribution is -0.0390. The zero-order chi connectivity index (χ0) is 20.1. The predicted octanol–water partition coefficient (Wildman–Crippen LogP) is 3.57. The summed E-state index contributed by atoms with van der Waals surface area (Å²) in [5, 5.41) is 10.6. The van der Waals surface area contributed by atoms with Crippen LogP contribution in [0.4, 0.5) is 0 Å². The second-order valence-corrected chi connectivity index (χ2v) is 7.36. The molecule has 2 aliphatic heterocycles. The van der Waals surface area contributed by atoms with Gasteiger partial charge in [-0.2, -0.15) is 0 Å². The number of Topliss-reactive ketones (excluding diaryl/α,β-unsaturated/α-hetero) is 1. The number of carbonyl (C=O) groups is 1. The average molecular weight is 382 g/mol. The Kier molecular flexibility index (Phi) is 4.31. The highest BCUT2D eigenvalue weighted by Crippen LogP contribution is 2.48. The van der Waals surface area contributed by atoms with Crippen molar-refractivity contribution in [1.29, 1.82) is 0 Å². The zero-order valence-corrected chi connectivity index (χ0v) is 16.2. The summed E-state index contributed by atoms with van der Waals surface area (Å²) in [5.41, 5.74) is 1.13. The molecule has 0 aliphatic carbocycles. The van der Waals surface area contributed by atoms with Crippen molar-refractivity contribution in [2.45, 2.75) is 31.7 Å². The van der Waals surface area contributed by atoms with Crippen LogP contribution in [0, 0.1) is 0 Å². The van der Waals surface area contributed by atoms with Crippen LogP contribution < -0.4 is 18.9 Å². The van der Waals surface area contributed by atoms with Crippen LogP contribution in [0.25, 0.3) is 6.08 Å². The van der Waals surface area contributed by atoms with Crippen molar-refractivity contribution in [3.63, 3.8) is 0 Å². The molecule has 2 aliphatic rings. The summed E-state index contributed by atoms with van der Waals surface area (Å²) in [6.45, 7) is 3.86. The molecule has 2 heterocycles. The van der Waals surface area contributed by atoms with E-state index < -0.39 is 17.8 Å². The van der Waals surface area contributed by atoms with Gasteiger partial charge in [0.05, 0.1) is 19.8 Å². The number of aliphatic hydroxyl groups excluding tert-OH is 1. The highest BCUT2D eigenvalue weighted by atomic mass is 16.6. The van der Waals surface area contributed by atoms with Gasteiger partial charge in [0.2, 0.25) is 6.29 Å². The molecular weight excluding hydrogens is 360 g/mol. The van der Waals surface area contributed by atoms with Gasteiger partial charge in [-0.15, -0.1) is 0 Å². The van der Waals surface area contributed by atoms with E-state index in [2.05, 4.69) is 0 Å². The van der Waals surface area contributed by atoms with Crippen molar-refractivity contribution in [3.8, 4) is 23.0 Å². The Labute approximate surface area is 163 Å². The van der Waals surface area contributed by atoms with Crippen LogP contribution in [0.3, 0.4) is 0 Å². The SMILES string of the molecule is COc1ccc(C2C(=O)c3c(cc4c(c3OC)C=CC(C)(C)O4)OC2O)cc1. The van der Waals surface area contributed by atoms with Crippen LogP contribution in [0.2, 0.25) is 0 Å². The number of rotatable bonds is 3. The summed E-state index contributed by atoms with van der Waals surface area (Å²) in [6.07, 6.45) is 2.48. The highest BCUT2D eigenvalue weighted by Gasteiger charge is 2.41. The molecule has 28 heavy (non-hydrogen) atoms. The highest BCUT2D eigenvalue weighted by molar-refractivity contribution is 6.08. The number of ether oxygens (including phenoxy) is 4. The van der Waals surface area contributed by atoms with Crippen LogP contribution in [-0.4, -0.2) is 37.0 Å². The molecule has 0 aromatic heterocycles. The molecule has 0 saturated carbocycles. The standard InChI is InChI=1S/C22H22O6/c1-22(2)10-9-14-15(28-22)11-16-18(20(14)26-4)19(23)17(21(24)27-16)12-5-7-13(25-3)8-6-12/h5-11,17,21,24H,1-4H3. The molecule has 0 amide bonds. The fourth-order valence-corrected chi connectivity index (χ4v) is 3.62. The van der Waals surface area contributed by atoms with Crippen LogP contribution in [0.5, 0.6) is 23.0 Å². The predicted molar refractivity (Wildman–Crippen MR) is 103 cm³/mol. The minimum Gasteiger partial charge on any atom is -0.497 e. The number of carbonyl (C=O) groups excluding carboxylic acids is 1. The van der Waals surface area contributed by atoms with Crippen molar-refractivity contribution in [2.75, 3.05) is 14.2 Å². The Balaban J connectivity index is 1.82. The number of fused-ring (bicyclic) bond motifs is 2. The summed E-state index contributed by atoms with van der Waals surface area (Å²) in [6, 6.07) is 8.62. The monoisotopic (exact) mass is 382 g/mol. The number of ketones is 1. The summed E-state index contributed by atoms with van der Waals surface area (Å²) in [4.78, 5) is 13.4. The van der Waals surface area contributed by atoms with Crippen molar-refractivity contribution in [3.05, 3.63) is 53.1 Å². The lowest BCUT2D eigenvalue weighted by Gasteiger charge is -2.34. The largest absolute Gasteiger partial charge is 0.497 e. The number of hydrogen-bond donors (Lipinski definition) is 1. The first kappa shape index (κ1) is 18.4. The first-order valence-corrected chi connectivity index (χ1v) is 9.01. The third-order valence-electron chi connectivity index (χ3n) is 5.01. The third-order valence-corrected chi connectivity index (χ3v) is 5.01. The van der Waals surface area contributed by atoms with E-state index >= 15 is 0 Å². The zero-order valence-electron chi connectivity index (χ0n) is 16.2. The molecular formula is C22H22O6. The fraction of sp³-hybridized carbons (Fsp3) is 0.318. The number of benzene rings is 2. The van der Waals surface area contributed by atoms with E-state index in [1.165, 1.54) is 7.11 Å².